The van der Waals surface area contributed by atoms with E-state index in [1.807, 2.05) is 42.6 Å². The minimum Gasteiger partial charge on any atom is -0.338 e. The maximum atomic E-state index is 13.1. The summed E-state index contributed by atoms with van der Waals surface area (Å²) in [5, 5.41) is 13.2. The summed E-state index contributed by atoms with van der Waals surface area (Å²) in [4.78, 5) is 4.12. The van der Waals surface area contributed by atoms with Crippen LogP contribution in [0.25, 0.3) is 10.8 Å². The average molecular weight is 443 g/mol. The number of rotatable bonds is 6. The number of anilines is 2. The molecular weight excluding hydrogens is 425 g/mol. The number of fused-ring (bicyclic) bond motifs is 1. The van der Waals surface area contributed by atoms with Gasteiger partial charge in [-0.2, -0.15) is 18.3 Å². The summed E-state index contributed by atoms with van der Waals surface area (Å²) < 4.78 is 39.3. The molecule has 8 heteroatoms. The fourth-order valence-corrected chi connectivity index (χ4v) is 3.64. The van der Waals surface area contributed by atoms with Crippen molar-refractivity contribution in [2.24, 2.45) is 0 Å². The zero-order chi connectivity index (χ0) is 21.8. The number of aryl methyl sites for hydroxylation is 2. The van der Waals surface area contributed by atoms with Gasteiger partial charge >= 0.3 is 6.18 Å². The van der Waals surface area contributed by atoms with E-state index >= 15 is 0 Å². The Bertz CT molecular complexity index is 1200. The average Bonchev–Trinajstić information content (AvgIpc) is 2.75. The standard InChI is InChI=1S/C23H18ClF3N4/c24-17-11-16(23(25,26)27)12-18(13-17)29-22-20-8-2-1-7-19(20)21(30-31-22)9-3-5-15-6-4-10-28-14-15/h1-2,4,6-8,10-14H,3,5,9H2,(H,29,31). The molecule has 0 amide bonds. The lowest BCUT2D eigenvalue weighted by Crippen LogP contribution is -2.06. The van der Waals surface area contributed by atoms with Crippen molar-refractivity contribution in [2.45, 2.75) is 25.4 Å². The molecule has 0 spiro atoms. The molecule has 4 nitrogen and oxygen atoms in total. The zero-order valence-corrected chi connectivity index (χ0v) is 17.1. The van der Waals surface area contributed by atoms with Crippen molar-refractivity contribution < 1.29 is 13.2 Å². The quantitative estimate of drug-likeness (QED) is 0.364. The van der Waals surface area contributed by atoms with Crippen LogP contribution in [0, 0.1) is 0 Å². The topological polar surface area (TPSA) is 50.7 Å². The van der Waals surface area contributed by atoms with Gasteiger partial charge in [0.1, 0.15) is 0 Å². The molecule has 0 radical (unpaired) electrons. The Kier molecular flexibility index (Phi) is 6.04. The number of aromatic nitrogens is 3. The van der Waals surface area contributed by atoms with Crippen molar-refractivity contribution in [3.05, 3.63) is 88.8 Å². The van der Waals surface area contributed by atoms with E-state index in [1.54, 1.807) is 6.20 Å². The second-order valence-electron chi connectivity index (χ2n) is 7.11. The van der Waals surface area contributed by atoms with E-state index < -0.39 is 11.7 Å². The van der Waals surface area contributed by atoms with Gasteiger partial charge in [0.15, 0.2) is 5.82 Å². The highest BCUT2D eigenvalue weighted by atomic mass is 35.5. The van der Waals surface area contributed by atoms with Crippen LogP contribution in [0.5, 0.6) is 0 Å². The smallest absolute Gasteiger partial charge is 0.338 e. The maximum Gasteiger partial charge on any atom is 0.416 e. The molecule has 0 unspecified atom stereocenters. The molecule has 2 aromatic carbocycles. The van der Waals surface area contributed by atoms with Crippen LogP contribution in [0.2, 0.25) is 5.02 Å². The van der Waals surface area contributed by atoms with Gasteiger partial charge in [-0.3, -0.25) is 4.98 Å². The van der Waals surface area contributed by atoms with Crippen LogP contribution < -0.4 is 5.32 Å². The van der Waals surface area contributed by atoms with Gasteiger partial charge in [0, 0.05) is 33.9 Å². The Morgan fingerprint density at radius 1 is 0.903 bits per heavy atom. The molecular formula is C23H18ClF3N4. The number of pyridine rings is 1. The first-order valence-electron chi connectivity index (χ1n) is 9.68. The van der Waals surface area contributed by atoms with Crippen LogP contribution in [0.4, 0.5) is 24.7 Å². The Balaban J connectivity index is 1.59. The van der Waals surface area contributed by atoms with Gasteiger partial charge in [-0.25, -0.2) is 0 Å². The third-order valence-electron chi connectivity index (χ3n) is 4.85. The lowest BCUT2D eigenvalue weighted by atomic mass is 10.0. The van der Waals surface area contributed by atoms with E-state index in [4.69, 9.17) is 11.6 Å². The van der Waals surface area contributed by atoms with Crippen LogP contribution in [0.1, 0.15) is 23.2 Å². The summed E-state index contributed by atoms with van der Waals surface area (Å²) in [6, 6.07) is 14.8. The van der Waals surface area contributed by atoms with Crippen molar-refractivity contribution in [1.82, 2.24) is 15.2 Å². The molecule has 0 aliphatic rings. The number of hydrogen-bond donors (Lipinski definition) is 1. The second kappa shape index (κ2) is 8.89. The first-order chi connectivity index (χ1) is 14.9. The summed E-state index contributed by atoms with van der Waals surface area (Å²) in [6.07, 6.45) is 1.56. The molecule has 0 aliphatic carbocycles. The summed E-state index contributed by atoms with van der Waals surface area (Å²) in [6.45, 7) is 0. The lowest BCUT2D eigenvalue weighted by molar-refractivity contribution is -0.137. The molecule has 158 valence electrons. The normalized spacial score (nSPS) is 11.6. The van der Waals surface area contributed by atoms with Gasteiger partial charge in [0.2, 0.25) is 0 Å². The predicted octanol–water partition coefficient (Wildman–Crippen LogP) is 6.62. The molecule has 1 N–H and O–H groups in total. The number of benzene rings is 2. The van der Waals surface area contributed by atoms with Crippen molar-refractivity contribution in [2.75, 3.05) is 5.32 Å². The Morgan fingerprint density at radius 3 is 2.45 bits per heavy atom. The number of nitrogens with zero attached hydrogens (tertiary/aromatic N) is 3. The van der Waals surface area contributed by atoms with Crippen LogP contribution in [-0.2, 0) is 19.0 Å². The number of nitrogens with one attached hydrogen (secondary N) is 1. The molecule has 0 atom stereocenters. The monoisotopic (exact) mass is 442 g/mol. The van der Waals surface area contributed by atoms with E-state index in [-0.39, 0.29) is 10.7 Å². The Hall–Kier alpha value is -3.19. The third kappa shape index (κ3) is 5.11. The first kappa shape index (κ1) is 21.1. The highest BCUT2D eigenvalue weighted by molar-refractivity contribution is 6.31. The molecule has 0 aliphatic heterocycles. The zero-order valence-electron chi connectivity index (χ0n) is 16.3. The van der Waals surface area contributed by atoms with Gasteiger partial charge < -0.3 is 5.32 Å². The summed E-state index contributed by atoms with van der Waals surface area (Å²) in [5.41, 5.74) is 1.36. The number of halogens is 4. The second-order valence-corrected chi connectivity index (χ2v) is 7.54. The van der Waals surface area contributed by atoms with E-state index in [0.717, 1.165) is 53.4 Å². The van der Waals surface area contributed by atoms with Crippen molar-refractivity contribution in [3.8, 4) is 0 Å². The van der Waals surface area contributed by atoms with Crippen LogP contribution in [0.3, 0.4) is 0 Å². The number of hydrogen-bond acceptors (Lipinski definition) is 4. The number of alkyl halides is 3. The first-order valence-corrected chi connectivity index (χ1v) is 10.1. The van der Waals surface area contributed by atoms with E-state index in [2.05, 4.69) is 20.5 Å². The van der Waals surface area contributed by atoms with Crippen molar-refractivity contribution in [1.29, 1.82) is 0 Å². The van der Waals surface area contributed by atoms with Crippen LogP contribution in [0.15, 0.2) is 67.0 Å². The predicted molar refractivity (Wildman–Crippen MR) is 116 cm³/mol. The molecule has 0 fully saturated rings. The Morgan fingerprint density at radius 2 is 1.71 bits per heavy atom. The minimum atomic E-state index is -4.49. The van der Waals surface area contributed by atoms with Gasteiger partial charge in [0.05, 0.1) is 11.3 Å². The lowest BCUT2D eigenvalue weighted by Gasteiger charge is -2.13. The van der Waals surface area contributed by atoms with Crippen molar-refractivity contribution in [3.63, 3.8) is 0 Å². The molecule has 31 heavy (non-hydrogen) atoms. The molecule has 0 saturated carbocycles. The van der Waals surface area contributed by atoms with Crippen LogP contribution in [-0.4, -0.2) is 15.2 Å². The van der Waals surface area contributed by atoms with E-state index in [9.17, 15) is 13.2 Å². The summed E-state index contributed by atoms with van der Waals surface area (Å²) in [7, 11) is 0. The molecule has 4 rings (SSSR count). The molecule has 2 heterocycles. The Labute approximate surface area is 182 Å². The van der Waals surface area contributed by atoms with Gasteiger partial charge in [0.25, 0.3) is 0 Å². The summed E-state index contributed by atoms with van der Waals surface area (Å²) in [5.74, 6) is 0.377. The van der Waals surface area contributed by atoms with Crippen molar-refractivity contribution >= 4 is 33.9 Å². The highest BCUT2D eigenvalue weighted by Gasteiger charge is 2.31. The fourth-order valence-electron chi connectivity index (χ4n) is 3.40. The highest BCUT2D eigenvalue weighted by Crippen LogP contribution is 2.35. The fraction of sp³-hybridized carbons (Fsp3) is 0.174. The minimum absolute atomic E-state index is 0.0124. The SMILES string of the molecule is FC(F)(F)c1cc(Cl)cc(Nc2nnc(CCCc3cccnc3)c3ccccc23)c1. The summed E-state index contributed by atoms with van der Waals surface area (Å²) >= 11 is 5.89. The van der Waals surface area contributed by atoms with Crippen LogP contribution >= 0.6 is 11.6 Å². The van der Waals surface area contributed by atoms with Gasteiger partial charge in [-0.1, -0.05) is 41.9 Å². The molecule has 0 bridgehead atoms. The maximum absolute atomic E-state index is 13.1. The van der Waals surface area contributed by atoms with Gasteiger partial charge in [-0.05, 0) is 49.1 Å². The molecule has 2 aromatic heterocycles. The molecule has 4 aromatic rings. The largest absolute Gasteiger partial charge is 0.416 e. The van der Waals surface area contributed by atoms with E-state index in [1.165, 1.54) is 6.07 Å². The van der Waals surface area contributed by atoms with Gasteiger partial charge in [-0.15, -0.1) is 5.10 Å². The van der Waals surface area contributed by atoms with E-state index in [0.29, 0.717) is 5.82 Å². The third-order valence-corrected chi connectivity index (χ3v) is 5.07. The molecule has 0 saturated heterocycles.